The molecule has 0 aromatic heterocycles. The molecule has 0 spiro atoms. The van der Waals surface area contributed by atoms with Gasteiger partial charge in [-0.25, -0.2) is 0 Å². The molecule has 3 nitrogen and oxygen atoms in total. The van der Waals surface area contributed by atoms with Crippen molar-refractivity contribution in [3.05, 3.63) is 70.8 Å². The Balaban J connectivity index is 0.880. The Kier molecular flexibility index (Phi) is 8.84. The summed E-state index contributed by atoms with van der Waals surface area (Å²) in [5, 5.41) is 4.33. The van der Waals surface area contributed by atoms with Gasteiger partial charge in [0, 0.05) is 12.1 Å². The second kappa shape index (κ2) is 13.0. The van der Waals surface area contributed by atoms with Gasteiger partial charge in [0.2, 0.25) is 0 Å². The lowest BCUT2D eigenvalue weighted by molar-refractivity contribution is -0.212. The van der Waals surface area contributed by atoms with E-state index in [0.29, 0.717) is 34.3 Å². The number of hydrogen-bond acceptors (Lipinski definition) is 3. The molecule has 9 rings (SSSR count). The number of hydrogen-bond donors (Lipinski definition) is 1. The van der Waals surface area contributed by atoms with Crippen molar-refractivity contribution in [2.24, 2.45) is 63.6 Å². The summed E-state index contributed by atoms with van der Waals surface area (Å²) in [6, 6.07) is 10.1. The van der Waals surface area contributed by atoms with Crippen molar-refractivity contribution >= 4 is 5.97 Å². The fourth-order valence-corrected chi connectivity index (χ4v) is 14.6. The van der Waals surface area contributed by atoms with E-state index in [2.05, 4.69) is 51.2 Å². The fourth-order valence-electron chi connectivity index (χ4n) is 14.6. The summed E-state index contributed by atoms with van der Waals surface area (Å²) in [5.41, 5.74) is 7.74. The first-order chi connectivity index (χ1) is 24.7. The normalized spacial score (nSPS) is 43.1. The third kappa shape index (κ3) is 5.79. The highest BCUT2D eigenvalue weighted by Crippen LogP contribution is 2.75. The maximum atomic E-state index is 13.0. The number of ether oxygens (including phenoxy) is 1. The zero-order valence-electron chi connectivity index (χ0n) is 32.5. The van der Waals surface area contributed by atoms with Gasteiger partial charge in [0.15, 0.2) is 0 Å². The minimum atomic E-state index is -0.0236. The third-order valence-electron chi connectivity index (χ3n) is 17.8. The highest BCUT2D eigenvalue weighted by molar-refractivity contribution is 5.73. The van der Waals surface area contributed by atoms with Crippen LogP contribution in [0.1, 0.15) is 142 Å². The van der Waals surface area contributed by atoms with E-state index < -0.39 is 0 Å². The summed E-state index contributed by atoms with van der Waals surface area (Å²) in [4.78, 5) is 13.0. The van der Waals surface area contributed by atoms with Gasteiger partial charge in [-0.05, 0) is 177 Å². The largest absolute Gasteiger partial charge is 0.461 e. The SMILES string of the molecule is CC1C(C2=CCC(C(=O)OCc3ccccc3)CC2)=CCC2(C)C1CCC1(C)C2CCC2[C@H]3CCCC3(NCC=C(C3CC3)C3CC3)CC[C@]21C. The standard InChI is InChI=1S/C48H67NO2/c1-32-38(34-16-18-37(19-17-34)44(50)51-31-33-9-6-5-7-10-33)22-26-45(2)40(32)23-27-47(4)43(45)21-20-41-42-11-8-25-48(42,29-28-46(41,47)3)49-30-24-39(35-12-13-35)36-14-15-36/h5-7,9-10,16,22,24,32,35-37,40-43,49H,8,11-15,17-21,23,25-31H2,1-4H3/t32?,37?,40?,41?,42-,43?,45?,46-,47?,48?/m1/s1. The Morgan fingerprint density at radius 1 is 0.804 bits per heavy atom. The Hall–Kier alpha value is -2.13. The van der Waals surface area contributed by atoms with Gasteiger partial charge in [-0.2, -0.15) is 0 Å². The van der Waals surface area contributed by atoms with Crippen LogP contribution in [-0.4, -0.2) is 18.1 Å². The predicted molar refractivity (Wildman–Crippen MR) is 208 cm³/mol. The number of carbonyl (C=O) groups excluding carboxylic acids is 1. The lowest BCUT2D eigenvalue weighted by atomic mass is 9.34. The van der Waals surface area contributed by atoms with Crippen LogP contribution >= 0.6 is 0 Å². The molecule has 8 aliphatic rings. The molecule has 0 saturated heterocycles. The lowest BCUT2D eigenvalue weighted by Crippen LogP contribution is -2.66. The first-order valence-electron chi connectivity index (χ1n) is 21.7. The van der Waals surface area contributed by atoms with E-state index in [1.807, 2.05) is 35.9 Å². The zero-order chi connectivity index (χ0) is 35.0. The number of benzene rings is 1. The van der Waals surface area contributed by atoms with Gasteiger partial charge in [-0.1, -0.05) is 88.2 Å². The summed E-state index contributed by atoms with van der Waals surface area (Å²) in [5.74, 6) is 5.80. The molecule has 8 unspecified atom stereocenters. The molecule has 0 aliphatic heterocycles. The highest BCUT2D eigenvalue weighted by atomic mass is 16.5. The molecule has 0 radical (unpaired) electrons. The quantitative estimate of drug-likeness (QED) is 0.207. The fraction of sp³-hybridized carbons (Fsp3) is 0.729. The smallest absolute Gasteiger partial charge is 0.309 e. The Labute approximate surface area is 309 Å². The van der Waals surface area contributed by atoms with Crippen LogP contribution in [0.3, 0.4) is 0 Å². The molecule has 1 N–H and O–H groups in total. The van der Waals surface area contributed by atoms with E-state index in [4.69, 9.17) is 4.74 Å². The maximum Gasteiger partial charge on any atom is 0.309 e. The third-order valence-corrected chi connectivity index (χ3v) is 17.8. The average Bonchev–Trinajstić information content (AvgIpc) is 4.09. The van der Waals surface area contributed by atoms with Gasteiger partial charge in [0.1, 0.15) is 6.61 Å². The van der Waals surface area contributed by atoms with Crippen molar-refractivity contribution in [1.82, 2.24) is 5.32 Å². The number of esters is 1. The number of carbonyl (C=O) groups is 1. The lowest BCUT2D eigenvalue weighted by Gasteiger charge is -2.71. The Morgan fingerprint density at radius 2 is 1.59 bits per heavy atom. The molecule has 1 aromatic carbocycles. The van der Waals surface area contributed by atoms with Gasteiger partial charge < -0.3 is 10.1 Å². The molecule has 6 saturated carbocycles. The van der Waals surface area contributed by atoms with Crippen LogP contribution < -0.4 is 5.32 Å². The molecule has 1 aromatic rings. The molecule has 0 heterocycles. The number of allylic oxidation sites excluding steroid dienone is 5. The van der Waals surface area contributed by atoms with Crippen LogP contribution in [0, 0.1) is 63.6 Å². The van der Waals surface area contributed by atoms with Crippen LogP contribution in [0.15, 0.2) is 65.3 Å². The van der Waals surface area contributed by atoms with Crippen molar-refractivity contribution in [3.63, 3.8) is 0 Å². The van der Waals surface area contributed by atoms with Crippen LogP contribution in [0.2, 0.25) is 0 Å². The average molecular weight is 690 g/mol. The number of nitrogens with one attached hydrogen (secondary N) is 1. The van der Waals surface area contributed by atoms with Crippen LogP contribution in [-0.2, 0) is 16.1 Å². The summed E-state index contributed by atoms with van der Waals surface area (Å²) >= 11 is 0. The summed E-state index contributed by atoms with van der Waals surface area (Å²) in [6.45, 7) is 12.4. The summed E-state index contributed by atoms with van der Waals surface area (Å²) < 4.78 is 5.74. The van der Waals surface area contributed by atoms with E-state index >= 15 is 0 Å². The molecule has 3 heteroatoms. The van der Waals surface area contributed by atoms with Crippen molar-refractivity contribution in [2.45, 2.75) is 149 Å². The van der Waals surface area contributed by atoms with Gasteiger partial charge in [-0.3, -0.25) is 4.79 Å². The second-order valence-electron chi connectivity index (χ2n) is 20.0. The van der Waals surface area contributed by atoms with Gasteiger partial charge in [-0.15, -0.1) is 0 Å². The van der Waals surface area contributed by atoms with Gasteiger partial charge >= 0.3 is 5.97 Å². The molecule has 276 valence electrons. The Bertz CT molecular complexity index is 1570. The maximum absolute atomic E-state index is 13.0. The highest BCUT2D eigenvalue weighted by Gasteiger charge is 2.68. The van der Waals surface area contributed by atoms with Crippen molar-refractivity contribution < 1.29 is 9.53 Å². The molecule has 6 fully saturated rings. The molecule has 10 atom stereocenters. The van der Waals surface area contributed by atoms with E-state index in [9.17, 15) is 4.79 Å². The topological polar surface area (TPSA) is 38.3 Å². The summed E-state index contributed by atoms with van der Waals surface area (Å²) in [6.07, 6.45) is 30.4. The molecule has 51 heavy (non-hydrogen) atoms. The molecular weight excluding hydrogens is 623 g/mol. The van der Waals surface area contributed by atoms with E-state index in [0.717, 1.165) is 66.9 Å². The molecule has 0 amide bonds. The minimum Gasteiger partial charge on any atom is -0.461 e. The Morgan fingerprint density at radius 3 is 2.31 bits per heavy atom. The predicted octanol–water partition coefficient (Wildman–Crippen LogP) is 11.5. The zero-order valence-corrected chi connectivity index (χ0v) is 32.5. The van der Waals surface area contributed by atoms with Crippen LogP contribution in [0.4, 0.5) is 0 Å². The van der Waals surface area contributed by atoms with E-state index in [1.54, 1.807) is 5.57 Å². The van der Waals surface area contributed by atoms with Crippen molar-refractivity contribution in [2.75, 3.05) is 6.54 Å². The van der Waals surface area contributed by atoms with Crippen molar-refractivity contribution in [3.8, 4) is 0 Å². The first-order valence-corrected chi connectivity index (χ1v) is 21.7. The van der Waals surface area contributed by atoms with E-state index in [1.165, 1.54) is 95.5 Å². The van der Waals surface area contributed by atoms with Crippen LogP contribution in [0.5, 0.6) is 0 Å². The molecule has 8 aliphatic carbocycles. The minimum absolute atomic E-state index is 0.00254. The van der Waals surface area contributed by atoms with Crippen molar-refractivity contribution in [1.29, 1.82) is 0 Å². The van der Waals surface area contributed by atoms with Gasteiger partial charge in [0.25, 0.3) is 0 Å². The number of fused-ring (bicyclic) bond motifs is 7. The van der Waals surface area contributed by atoms with Crippen LogP contribution in [0.25, 0.3) is 0 Å². The first kappa shape index (κ1) is 34.6. The summed E-state index contributed by atoms with van der Waals surface area (Å²) in [7, 11) is 0. The molecular formula is C48H67NO2. The number of rotatable bonds is 9. The van der Waals surface area contributed by atoms with E-state index in [-0.39, 0.29) is 11.9 Å². The molecule has 0 bridgehead atoms. The monoisotopic (exact) mass is 690 g/mol. The van der Waals surface area contributed by atoms with Gasteiger partial charge in [0.05, 0.1) is 5.92 Å². The second-order valence-corrected chi connectivity index (χ2v) is 20.0.